The Morgan fingerprint density at radius 3 is 2.67 bits per heavy atom. The van der Waals surface area contributed by atoms with Crippen LogP contribution in [0.3, 0.4) is 0 Å². The van der Waals surface area contributed by atoms with Crippen LogP contribution in [-0.2, 0) is 14.8 Å². The molecule has 1 aromatic carbocycles. The minimum absolute atomic E-state index is 0.0626. The summed E-state index contributed by atoms with van der Waals surface area (Å²) in [5, 5.41) is 9.00. The first-order valence-corrected chi connectivity index (χ1v) is 7.09. The van der Waals surface area contributed by atoms with Gasteiger partial charge in [0.05, 0.1) is 10.8 Å². The van der Waals surface area contributed by atoms with Gasteiger partial charge in [-0.15, -0.1) is 0 Å². The number of nitrogens with one attached hydrogen (secondary N) is 1. The molecule has 0 aliphatic carbocycles. The average molecular weight is 292 g/mol. The largest absolute Gasteiger partial charge is 0.481 e. The van der Waals surface area contributed by atoms with Gasteiger partial charge in [-0.05, 0) is 24.6 Å². The summed E-state index contributed by atoms with van der Waals surface area (Å²) in [6.07, 6.45) is 0. The second-order valence-corrected chi connectivity index (χ2v) is 6.17. The highest BCUT2D eigenvalue weighted by Gasteiger charge is 2.20. The summed E-state index contributed by atoms with van der Waals surface area (Å²) in [4.78, 5) is 10.7. The molecule has 100 valence electrons. The molecule has 7 heteroatoms. The summed E-state index contributed by atoms with van der Waals surface area (Å²) in [6.45, 7) is 2.91. The molecule has 0 heterocycles. The molecule has 0 amide bonds. The van der Waals surface area contributed by atoms with E-state index in [1.54, 1.807) is 19.1 Å². The third-order valence-electron chi connectivity index (χ3n) is 2.44. The smallest absolute Gasteiger partial charge is 0.307 e. The van der Waals surface area contributed by atoms with Crippen LogP contribution in [0.25, 0.3) is 0 Å². The number of hydrogen-bond acceptors (Lipinski definition) is 3. The molecule has 0 radical (unpaired) electrons. The molecule has 0 bridgehead atoms. The van der Waals surface area contributed by atoms with Crippen molar-refractivity contribution < 1.29 is 18.3 Å². The predicted octanol–water partition coefficient (Wildman–Crippen LogP) is 1.65. The van der Waals surface area contributed by atoms with Gasteiger partial charge in [0.15, 0.2) is 0 Å². The summed E-state index contributed by atoms with van der Waals surface area (Å²) >= 11 is 5.75. The van der Waals surface area contributed by atoms with Crippen LogP contribution >= 0.6 is 11.6 Å². The lowest BCUT2D eigenvalue weighted by Gasteiger charge is -2.11. The number of carboxylic acids is 1. The SMILES string of the molecule is Cc1ccc(Cl)cc1S(=O)(=O)NCC(C)C(=O)O. The van der Waals surface area contributed by atoms with Crippen molar-refractivity contribution in [2.24, 2.45) is 5.92 Å². The Balaban J connectivity index is 2.93. The molecule has 0 saturated heterocycles. The van der Waals surface area contributed by atoms with Crippen LogP contribution in [0.2, 0.25) is 5.02 Å². The van der Waals surface area contributed by atoms with Crippen LogP contribution in [0.4, 0.5) is 0 Å². The first-order valence-electron chi connectivity index (χ1n) is 5.22. The van der Waals surface area contributed by atoms with Crippen molar-refractivity contribution in [1.82, 2.24) is 4.72 Å². The zero-order valence-corrected chi connectivity index (χ0v) is 11.5. The minimum atomic E-state index is -3.74. The van der Waals surface area contributed by atoms with Crippen molar-refractivity contribution in [1.29, 1.82) is 0 Å². The Morgan fingerprint density at radius 1 is 1.50 bits per heavy atom. The molecule has 1 atom stereocenters. The zero-order chi connectivity index (χ0) is 13.9. The maximum absolute atomic E-state index is 12.0. The van der Waals surface area contributed by atoms with E-state index in [1.165, 1.54) is 13.0 Å². The molecule has 0 aromatic heterocycles. The van der Waals surface area contributed by atoms with Crippen LogP contribution < -0.4 is 4.72 Å². The molecule has 1 aromatic rings. The predicted molar refractivity (Wildman–Crippen MR) is 68.2 cm³/mol. The summed E-state index contributed by atoms with van der Waals surface area (Å²) < 4.78 is 26.2. The Bertz CT molecular complexity index is 556. The normalized spacial score (nSPS) is 13.3. The van der Waals surface area contributed by atoms with Crippen LogP contribution in [0.15, 0.2) is 23.1 Å². The molecular weight excluding hydrogens is 278 g/mol. The van der Waals surface area contributed by atoms with Gasteiger partial charge in [0, 0.05) is 11.6 Å². The van der Waals surface area contributed by atoms with E-state index in [1.807, 2.05) is 0 Å². The van der Waals surface area contributed by atoms with E-state index < -0.39 is 21.9 Å². The molecule has 0 saturated carbocycles. The van der Waals surface area contributed by atoms with Crippen LogP contribution in [-0.4, -0.2) is 26.0 Å². The summed E-state index contributed by atoms with van der Waals surface area (Å²) in [6, 6.07) is 4.53. The van der Waals surface area contributed by atoms with E-state index in [0.717, 1.165) is 0 Å². The van der Waals surface area contributed by atoms with Crippen molar-refractivity contribution >= 4 is 27.6 Å². The maximum atomic E-state index is 12.0. The number of carbonyl (C=O) groups is 1. The van der Waals surface area contributed by atoms with Crippen molar-refractivity contribution in [3.05, 3.63) is 28.8 Å². The van der Waals surface area contributed by atoms with E-state index in [4.69, 9.17) is 16.7 Å². The molecule has 0 aliphatic heterocycles. The fourth-order valence-electron chi connectivity index (χ4n) is 1.26. The van der Waals surface area contributed by atoms with Gasteiger partial charge in [0.1, 0.15) is 0 Å². The molecular formula is C11H14ClNO4S. The highest BCUT2D eigenvalue weighted by atomic mass is 35.5. The lowest BCUT2D eigenvalue weighted by Crippen LogP contribution is -2.31. The molecule has 18 heavy (non-hydrogen) atoms. The van der Waals surface area contributed by atoms with E-state index >= 15 is 0 Å². The van der Waals surface area contributed by atoms with Gasteiger partial charge in [0.2, 0.25) is 10.0 Å². The second kappa shape index (κ2) is 5.69. The number of hydrogen-bond donors (Lipinski definition) is 2. The molecule has 5 nitrogen and oxygen atoms in total. The zero-order valence-electron chi connectivity index (χ0n) is 9.97. The van der Waals surface area contributed by atoms with Gasteiger partial charge in [-0.1, -0.05) is 24.6 Å². The second-order valence-electron chi connectivity index (χ2n) is 4.00. The number of aryl methyl sites for hydroxylation is 1. The van der Waals surface area contributed by atoms with Crippen molar-refractivity contribution in [2.75, 3.05) is 6.54 Å². The van der Waals surface area contributed by atoms with Gasteiger partial charge in [0.25, 0.3) is 0 Å². The monoisotopic (exact) mass is 291 g/mol. The lowest BCUT2D eigenvalue weighted by atomic mass is 10.2. The van der Waals surface area contributed by atoms with Crippen LogP contribution in [0.5, 0.6) is 0 Å². The van der Waals surface area contributed by atoms with Crippen LogP contribution in [0.1, 0.15) is 12.5 Å². The minimum Gasteiger partial charge on any atom is -0.481 e. The maximum Gasteiger partial charge on any atom is 0.307 e. The molecule has 0 fully saturated rings. The Kier molecular flexibility index (Phi) is 4.72. The van der Waals surface area contributed by atoms with Crippen LogP contribution in [0, 0.1) is 12.8 Å². The highest BCUT2D eigenvalue weighted by Crippen LogP contribution is 2.20. The number of carboxylic acid groups (broad SMARTS) is 1. The topological polar surface area (TPSA) is 83.5 Å². The molecule has 0 spiro atoms. The van der Waals surface area contributed by atoms with E-state index in [0.29, 0.717) is 10.6 Å². The van der Waals surface area contributed by atoms with Gasteiger partial charge < -0.3 is 5.11 Å². The Labute approximate surface area is 111 Å². The van der Waals surface area contributed by atoms with Crippen molar-refractivity contribution in [3.63, 3.8) is 0 Å². The fourth-order valence-corrected chi connectivity index (χ4v) is 2.90. The average Bonchev–Trinajstić information content (AvgIpc) is 2.29. The molecule has 2 N–H and O–H groups in total. The van der Waals surface area contributed by atoms with Gasteiger partial charge >= 0.3 is 5.97 Å². The van der Waals surface area contributed by atoms with Gasteiger partial charge in [-0.3, -0.25) is 4.79 Å². The summed E-state index contributed by atoms with van der Waals surface area (Å²) in [7, 11) is -3.74. The van der Waals surface area contributed by atoms with Crippen molar-refractivity contribution in [2.45, 2.75) is 18.7 Å². The standard InChI is InChI=1S/C11H14ClNO4S/c1-7-3-4-9(12)5-10(7)18(16,17)13-6-8(2)11(14)15/h3-5,8,13H,6H2,1-2H3,(H,14,15). The van der Waals surface area contributed by atoms with Gasteiger partial charge in [-0.2, -0.15) is 0 Å². The van der Waals surface area contributed by atoms with E-state index in [-0.39, 0.29) is 11.4 Å². The van der Waals surface area contributed by atoms with E-state index in [9.17, 15) is 13.2 Å². The first-order chi connectivity index (χ1) is 8.24. The number of aliphatic carboxylic acids is 1. The number of benzene rings is 1. The first kappa shape index (κ1) is 14.9. The lowest BCUT2D eigenvalue weighted by molar-refractivity contribution is -0.140. The third-order valence-corrected chi connectivity index (χ3v) is 4.24. The highest BCUT2D eigenvalue weighted by molar-refractivity contribution is 7.89. The molecule has 1 rings (SSSR count). The fraction of sp³-hybridized carbons (Fsp3) is 0.364. The van der Waals surface area contributed by atoms with Gasteiger partial charge in [-0.25, -0.2) is 13.1 Å². The number of rotatable bonds is 5. The summed E-state index contributed by atoms with van der Waals surface area (Å²) in [5.41, 5.74) is 0.551. The molecule has 0 aliphatic rings. The summed E-state index contributed by atoms with van der Waals surface area (Å²) in [5.74, 6) is -1.85. The quantitative estimate of drug-likeness (QED) is 0.864. The third kappa shape index (κ3) is 3.69. The molecule has 1 unspecified atom stereocenters. The van der Waals surface area contributed by atoms with Crippen molar-refractivity contribution in [3.8, 4) is 0 Å². The number of halogens is 1. The van der Waals surface area contributed by atoms with E-state index in [2.05, 4.69) is 4.72 Å². The Morgan fingerprint density at radius 2 is 2.11 bits per heavy atom. The Hall–Kier alpha value is -1.11. The number of sulfonamides is 1.